The third kappa shape index (κ3) is 4.40. The van der Waals surface area contributed by atoms with Crippen LogP contribution in [0.25, 0.3) is 22.3 Å². The molecule has 126 valence electrons. The molecule has 3 aromatic carbocycles. The number of hydrogen-bond acceptors (Lipinski definition) is 1. The first kappa shape index (κ1) is 17.5. The highest BCUT2D eigenvalue weighted by Crippen LogP contribution is 2.28. The molecule has 0 aliphatic carbocycles. The molecular formula is C23H21FS. The van der Waals surface area contributed by atoms with E-state index in [1.54, 1.807) is 6.07 Å². The summed E-state index contributed by atoms with van der Waals surface area (Å²) in [7, 11) is 0. The molecule has 3 rings (SSSR count). The number of hydrogen-bond donors (Lipinski definition) is 1. The molecule has 0 heterocycles. The molecule has 25 heavy (non-hydrogen) atoms. The monoisotopic (exact) mass is 348 g/mol. The largest absolute Gasteiger partial charge is 0.206 e. The van der Waals surface area contributed by atoms with Crippen LogP contribution in [0.3, 0.4) is 0 Å². The molecule has 0 spiro atoms. The molecule has 0 bridgehead atoms. The van der Waals surface area contributed by atoms with Gasteiger partial charge < -0.3 is 0 Å². The van der Waals surface area contributed by atoms with Crippen molar-refractivity contribution in [3.63, 3.8) is 0 Å². The van der Waals surface area contributed by atoms with Gasteiger partial charge in [-0.15, -0.1) is 12.6 Å². The Morgan fingerprint density at radius 3 is 2.12 bits per heavy atom. The minimum atomic E-state index is -0.200. The van der Waals surface area contributed by atoms with Gasteiger partial charge in [0.25, 0.3) is 0 Å². The summed E-state index contributed by atoms with van der Waals surface area (Å²) in [6.07, 6.45) is 6.26. The summed E-state index contributed by atoms with van der Waals surface area (Å²) in [5.74, 6) is -0.200. The highest BCUT2D eigenvalue weighted by molar-refractivity contribution is 7.80. The van der Waals surface area contributed by atoms with Gasteiger partial charge in [-0.25, -0.2) is 4.39 Å². The van der Waals surface area contributed by atoms with Crippen molar-refractivity contribution in [3.8, 4) is 22.3 Å². The van der Waals surface area contributed by atoms with Crippen LogP contribution in [0.2, 0.25) is 0 Å². The number of rotatable bonds is 5. The lowest BCUT2D eigenvalue weighted by Gasteiger charge is -2.08. The minimum Gasteiger partial charge on any atom is -0.206 e. The van der Waals surface area contributed by atoms with Crippen LogP contribution in [0.4, 0.5) is 4.39 Å². The van der Waals surface area contributed by atoms with Gasteiger partial charge in [0.1, 0.15) is 5.82 Å². The van der Waals surface area contributed by atoms with Crippen LogP contribution < -0.4 is 0 Å². The van der Waals surface area contributed by atoms with Crippen molar-refractivity contribution < 1.29 is 4.39 Å². The number of thiol groups is 1. The van der Waals surface area contributed by atoms with Crippen LogP contribution in [-0.4, -0.2) is 0 Å². The molecule has 0 atom stereocenters. The van der Waals surface area contributed by atoms with Gasteiger partial charge in [0.2, 0.25) is 0 Å². The van der Waals surface area contributed by atoms with E-state index >= 15 is 0 Å². The van der Waals surface area contributed by atoms with Gasteiger partial charge in [0, 0.05) is 10.5 Å². The lowest BCUT2D eigenvalue weighted by Crippen LogP contribution is -1.88. The fourth-order valence-corrected chi connectivity index (χ4v) is 3.00. The molecule has 3 aromatic rings. The fourth-order valence-electron chi connectivity index (χ4n) is 2.85. The van der Waals surface area contributed by atoms with Gasteiger partial charge >= 0.3 is 0 Å². The number of aryl methyl sites for hydroxylation is 1. The molecule has 0 fully saturated rings. The van der Waals surface area contributed by atoms with Gasteiger partial charge in [0.15, 0.2) is 0 Å². The first-order chi connectivity index (χ1) is 12.2. The van der Waals surface area contributed by atoms with Crippen LogP contribution in [0.1, 0.15) is 18.9 Å². The Morgan fingerprint density at radius 2 is 1.48 bits per heavy atom. The standard InChI is InChI=1S/C23H21FS/c1-2-3-4-5-17-6-8-19(9-7-17)22-15-12-20(16-23(22)24)18-10-13-21(25)14-11-18/h2-3,6-16,25H,4-5H2,1H3/b3-2+. The van der Waals surface area contributed by atoms with E-state index in [0.717, 1.165) is 34.4 Å². The quantitative estimate of drug-likeness (QED) is 0.374. The summed E-state index contributed by atoms with van der Waals surface area (Å²) >= 11 is 4.29. The molecule has 0 nitrogen and oxygen atoms in total. The predicted octanol–water partition coefficient (Wildman–Crippen LogP) is 6.96. The Balaban J connectivity index is 1.82. The predicted molar refractivity (Wildman–Crippen MR) is 108 cm³/mol. The zero-order chi connectivity index (χ0) is 17.6. The van der Waals surface area contributed by atoms with Crippen molar-refractivity contribution in [1.29, 1.82) is 0 Å². The van der Waals surface area contributed by atoms with Crippen molar-refractivity contribution in [3.05, 3.63) is 90.3 Å². The smallest absolute Gasteiger partial charge is 0.131 e. The summed E-state index contributed by atoms with van der Waals surface area (Å²) in [6, 6.07) is 21.3. The third-order valence-corrected chi connectivity index (χ3v) is 4.57. The van der Waals surface area contributed by atoms with E-state index in [2.05, 4.69) is 36.9 Å². The third-order valence-electron chi connectivity index (χ3n) is 4.27. The lowest BCUT2D eigenvalue weighted by molar-refractivity contribution is 0.632. The molecular weight excluding hydrogens is 327 g/mol. The summed E-state index contributed by atoms with van der Waals surface area (Å²) in [5.41, 5.74) is 4.67. The summed E-state index contributed by atoms with van der Waals surface area (Å²) < 4.78 is 14.6. The number of halogens is 1. The van der Waals surface area contributed by atoms with Crippen molar-refractivity contribution in [2.24, 2.45) is 0 Å². The van der Waals surface area contributed by atoms with E-state index in [9.17, 15) is 4.39 Å². The van der Waals surface area contributed by atoms with Gasteiger partial charge in [0.05, 0.1) is 0 Å². The molecule has 0 radical (unpaired) electrons. The summed E-state index contributed by atoms with van der Waals surface area (Å²) in [4.78, 5) is 0.898. The van der Waals surface area contributed by atoms with Crippen molar-refractivity contribution in [1.82, 2.24) is 0 Å². The number of allylic oxidation sites excluding steroid dienone is 2. The van der Waals surface area contributed by atoms with E-state index < -0.39 is 0 Å². The normalized spacial score (nSPS) is 11.2. The fraction of sp³-hybridized carbons (Fsp3) is 0.130. The molecule has 0 saturated heterocycles. The zero-order valence-electron chi connectivity index (χ0n) is 14.2. The average molecular weight is 348 g/mol. The molecule has 0 amide bonds. The van der Waals surface area contributed by atoms with E-state index in [0.29, 0.717) is 5.56 Å². The van der Waals surface area contributed by atoms with E-state index in [4.69, 9.17) is 0 Å². The van der Waals surface area contributed by atoms with E-state index in [1.807, 2.05) is 55.5 Å². The lowest BCUT2D eigenvalue weighted by atomic mass is 9.98. The molecule has 2 heteroatoms. The van der Waals surface area contributed by atoms with Gasteiger partial charge in [-0.05, 0) is 60.2 Å². The van der Waals surface area contributed by atoms with Crippen LogP contribution in [-0.2, 0) is 6.42 Å². The molecule has 0 unspecified atom stereocenters. The topological polar surface area (TPSA) is 0 Å². The van der Waals surface area contributed by atoms with Crippen LogP contribution in [0, 0.1) is 5.82 Å². The molecule has 0 N–H and O–H groups in total. The molecule has 0 aliphatic rings. The van der Waals surface area contributed by atoms with Crippen LogP contribution in [0.5, 0.6) is 0 Å². The Labute approximate surface area is 154 Å². The van der Waals surface area contributed by atoms with Crippen molar-refractivity contribution >= 4 is 12.6 Å². The maximum atomic E-state index is 14.6. The van der Waals surface area contributed by atoms with Gasteiger partial charge in [-0.1, -0.05) is 60.7 Å². The highest BCUT2D eigenvalue weighted by atomic mass is 32.1. The molecule has 0 saturated carbocycles. The second-order valence-corrected chi connectivity index (χ2v) is 6.56. The SMILES string of the molecule is C/C=C/CCc1ccc(-c2ccc(-c3ccc(S)cc3)cc2F)cc1. The van der Waals surface area contributed by atoms with Crippen molar-refractivity contribution in [2.45, 2.75) is 24.7 Å². The van der Waals surface area contributed by atoms with Gasteiger partial charge in [-0.3, -0.25) is 0 Å². The number of benzene rings is 3. The van der Waals surface area contributed by atoms with Crippen molar-refractivity contribution in [2.75, 3.05) is 0 Å². The minimum absolute atomic E-state index is 0.200. The maximum absolute atomic E-state index is 14.6. The summed E-state index contributed by atoms with van der Waals surface area (Å²) in [5, 5.41) is 0. The first-order valence-corrected chi connectivity index (χ1v) is 8.91. The summed E-state index contributed by atoms with van der Waals surface area (Å²) in [6.45, 7) is 2.03. The van der Waals surface area contributed by atoms with Crippen LogP contribution in [0.15, 0.2) is 83.8 Å². The molecule has 0 aromatic heterocycles. The Hall–Kier alpha value is -2.32. The van der Waals surface area contributed by atoms with Crippen LogP contribution >= 0.6 is 12.6 Å². The van der Waals surface area contributed by atoms with Gasteiger partial charge in [-0.2, -0.15) is 0 Å². The second-order valence-electron chi connectivity index (χ2n) is 6.05. The molecule has 0 aliphatic heterocycles. The van der Waals surface area contributed by atoms with E-state index in [-0.39, 0.29) is 5.82 Å². The average Bonchev–Trinajstić information content (AvgIpc) is 2.63. The highest BCUT2D eigenvalue weighted by Gasteiger charge is 2.07. The Kier molecular flexibility index (Phi) is 5.72. The first-order valence-electron chi connectivity index (χ1n) is 8.47. The Bertz CT molecular complexity index is 862. The Morgan fingerprint density at radius 1 is 0.840 bits per heavy atom. The maximum Gasteiger partial charge on any atom is 0.131 e. The van der Waals surface area contributed by atoms with E-state index in [1.165, 1.54) is 5.56 Å². The zero-order valence-corrected chi connectivity index (χ0v) is 15.1. The second kappa shape index (κ2) is 8.17.